The SMILES string of the molecule is O=[N+]([O-])c1ccc(Cl)c(CNC2CC(O)C2)c1. The summed E-state index contributed by atoms with van der Waals surface area (Å²) < 4.78 is 0. The Balaban J connectivity index is 1.99. The summed E-state index contributed by atoms with van der Waals surface area (Å²) >= 11 is 5.96. The lowest BCUT2D eigenvalue weighted by atomic mass is 9.89. The lowest BCUT2D eigenvalue weighted by Gasteiger charge is -2.32. The van der Waals surface area contributed by atoms with E-state index < -0.39 is 4.92 Å². The summed E-state index contributed by atoms with van der Waals surface area (Å²) in [5, 5.41) is 23.5. The Labute approximate surface area is 104 Å². The van der Waals surface area contributed by atoms with Gasteiger partial charge in [-0.3, -0.25) is 10.1 Å². The summed E-state index contributed by atoms with van der Waals surface area (Å²) in [6.07, 6.45) is 1.24. The second-order valence-electron chi connectivity index (χ2n) is 4.24. The molecule has 0 aliphatic heterocycles. The van der Waals surface area contributed by atoms with Gasteiger partial charge < -0.3 is 10.4 Å². The van der Waals surface area contributed by atoms with E-state index in [1.165, 1.54) is 18.2 Å². The number of hydrogen-bond donors (Lipinski definition) is 2. The van der Waals surface area contributed by atoms with Crippen molar-refractivity contribution in [2.24, 2.45) is 0 Å². The molecular weight excluding hydrogens is 244 g/mol. The highest BCUT2D eigenvalue weighted by molar-refractivity contribution is 6.31. The van der Waals surface area contributed by atoms with Crippen molar-refractivity contribution in [1.29, 1.82) is 0 Å². The molecule has 2 N–H and O–H groups in total. The van der Waals surface area contributed by atoms with E-state index in [1.807, 2.05) is 0 Å². The number of nitro benzene ring substituents is 1. The molecule has 0 heterocycles. The normalized spacial score (nSPS) is 23.2. The van der Waals surface area contributed by atoms with Gasteiger partial charge in [0.1, 0.15) is 0 Å². The van der Waals surface area contributed by atoms with Crippen molar-refractivity contribution in [1.82, 2.24) is 5.32 Å². The first-order chi connectivity index (χ1) is 8.06. The molecule has 92 valence electrons. The smallest absolute Gasteiger partial charge is 0.269 e. The molecule has 0 unspecified atom stereocenters. The molecule has 1 fully saturated rings. The number of aliphatic hydroxyl groups is 1. The number of nitro groups is 1. The maximum Gasteiger partial charge on any atom is 0.269 e. The molecule has 1 aromatic rings. The zero-order chi connectivity index (χ0) is 12.4. The lowest BCUT2D eigenvalue weighted by Crippen LogP contribution is -2.43. The van der Waals surface area contributed by atoms with Crippen molar-refractivity contribution in [3.05, 3.63) is 38.9 Å². The zero-order valence-electron chi connectivity index (χ0n) is 9.10. The van der Waals surface area contributed by atoms with Crippen LogP contribution in [0.15, 0.2) is 18.2 Å². The fraction of sp³-hybridized carbons (Fsp3) is 0.455. The van der Waals surface area contributed by atoms with Crippen LogP contribution in [-0.4, -0.2) is 22.2 Å². The molecule has 0 aromatic heterocycles. The van der Waals surface area contributed by atoms with Gasteiger partial charge in [-0.05, 0) is 24.5 Å². The highest BCUT2D eigenvalue weighted by atomic mass is 35.5. The molecule has 0 bridgehead atoms. The molecule has 1 aliphatic rings. The van der Waals surface area contributed by atoms with Crippen molar-refractivity contribution < 1.29 is 10.0 Å². The van der Waals surface area contributed by atoms with Crippen molar-refractivity contribution in [2.45, 2.75) is 31.5 Å². The van der Waals surface area contributed by atoms with Gasteiger partial charge in [0.05, 0.1) is 11.0 Å². The highest BCUT2D eigenvalue weighted by Crippen LogP contribution is 2.24. The first-order valence-corrected chi connectivity index (χ1v) is 5.78. The molecule has 0 atom stereocenters. The molecule has 6 heteroatoms. The van der Waals surface area contributed by atoms with E-state index in [1.54, 1.807) is 0 Å². The first-order valence-electron chi connectivity index (χ1n) is 5.40. The Morgan fingerprint density at radius 3 is 2.82 bits per heavy atom. The van der Waals surface area contributed by atoms with Crippen LogP contribution in [0.2, 0.25) is 5.02 Å². The maximum atomic E-state index is 10.6. The van der Waals surface area contributed by atoms with E-state index >= 15 is 0 Å². The number of hydrogen-bond acceptors (Lipinski definition) is 4. The van der Waals surface area contributed by atoms with Gasteiger partial charge in [0.25, 0.3) is 5.69 Å². The van der Waals surface area contributed by atoms with Gasteiger partial charge in [-0.1, -0.05) is 11.6 Å². The summed E-state index contributed by atoms with van der Waals surface area (Å²) in [5.41, 5.74) is 0.752. The third kappa shape index (κ3) is 2.94. The molecular formula is C11H13ClN2O3. The summed E-state index contributed by atoms with van der Waals surface area (Å²) in [6.45, 7) is 0.484. The van der Waals surface area contributed by atoms with Crippen LogP contribution < -0.4 is 5.32 Å². The number of nitrogens with zero attached hydrogens (tertiary/aromatic N) is 1. The number of benzene rings is 1. The van der Waals surface area contributed by atoms with Gasteiger partial charge >= 0.3 is 0 Å². The van der Waals surface area contributed by atoms with Gasteiger partial charge in [-0.25, -0.2) is 0 Å². The summed E-state index contributed by atoms with van der Waals surface area (Å²) in [5.74, 6) is 0. The molecule has 2 rings (SSSR count). The lowest BCUT2D eigenvalue weighted by molar-refractivity contribution is -0.384. The number of nitrogens with one attached hydrogen (secondary N) is 1. The van der Waals surface area contributed by atoms with Crippen molar-refractivity contribution in [2.75, 3.05) is 0 Å². The molecule has 1 saturated carbocycles. The van der Waals surface area contributed by atoms with Gasteiger partial charge in [0, 0.05) is 29.7 Å². The average molecular weight is 257 g/mol. The number of aliphatic hydroxyl groups excluding tert-OH is 1. The van der Waals surface area contributed by atoms with Crippen LogP contribution in [0.3, 0.4) is 0 Å². The van der Waals surface area contributed by atoms with E-state index in [4.69, 9.17) is 16.7 Å². The second kappa shape index (κ2) is 5.00. The average Bonchev–Trinajstić information content (AvgIpc) is 2.24. The van der Waals surface area contributed by atoms with Gasteiger partial charge in [-0.2, -0.15) is 0 Å². The molecule has 1 aromatic carbocycles. The molecule has 1 aliphatic carbocycles. The van der Waals surface area contributed by atoms with E-state index in [0.717, 1.165) is 12.8 Å². The van der Waals surface area contributed by atoms with E-state index in [0.29, 0.717) is 17.1 Å². The number of non-ortho nitro benzene ring substituents is 1. The molecule has 0 saturated heterocycles. The topological polar surface area (TPSA) is 75.4 Å². The fourth-order valence-corrected chi connectivity index (χ4v) is 2.00. The Bertz CT molecular complexity index is 433. The van der Waals surface area contributed by atoms with E-state index in [9.17, 15) is 10.1 Å². The second-order valence-corrected chi connectivity index (χ2v) is 4.64. The number of halogens is 1. The van der Waals surface area contributed by atoms with Crippen molar-refractivity contribution >= 4 is 17.3 Å². The summed E-state index contributed by atoms with van der Waals surface area (Å²) in [6, 6.07) is 4.68. The Hall–Kier alpha value is -1.17. The standard InChI is InChI=1S/C11H13ClN2O3/c12-11-2-1-9(14(16)17)3-7(11)6-13-8-4-10(15)5-8/h1-3,8,10,13,15H,4-6H2. The predicted octanol–water partition coefficient (Wildman–Crippen LogP) is 1.86. The summed E-state index contributed by atoms with van der Waals surface area (Å²) in [4.78, 5) is 10.2. The minimum atomic E-state index is -0.438. The zero-order valence-corrected chi connectivity index (χ0v) is 9.85. The number of rotatable bonds is 4. The Morgan fingerprint density at radius 2 is 2.24 bits per heavy atom. The molecule has 17 heavy (non-hydrogen) atoms. The highest BCUT2D eigenvalue weighted by Gasteiger charge is 2.26. The fourth-order valence-electron chi connectivity index (χ4n) is 1.82. The largest absolute Gasteiger partial charge is 0.393 e. The van der Waals surface area contributed by atoms with Gasteiger partial charge in [0.2, 0.25) is 0 Å². The minimum absolute atomic E-state index is 0.0415. The first kappa shape index (κ1) is 12.3. The Morgan fingerprint density at radius 1 is 1.53 bits per heavy atom. The molecule has 0 radical (unpaired) electrons. The quantitative estimate of drug-likeness (QED) is 0.637. The third-order valence-electron chi connectivity index (χ3n) is 2.93. The Kier molecular flexibility index (Phi) is 3.61. The molecule has 0 spiro atoms. The maximum absolute atomic E-state index is 10.6. The van der Waals surface area contributed by atoms with Crippen molar-refractivity contribution in [3.63, 3.8) is 0 Å². The predicted molar refractivity (Wildman–Crippen MR) is 64.0 cm³/mol. The van der Waals surface area contributed by atoms with Crippen LogP contribution in [-0.2, 0) is 6.54 Å². The van der Waals surface area contributed by atoms with Crippen molar-refractivity contribution in [3.8, 4) is 0 Å². The minimum Gasteiger partial charge on any atom is -0.393 e. The van der Waals surface area contributed by atoms with Crippen LogP contribution in [0.25, 0.3) is 0 Å². The molecule has 5 nitrogen and oxygen atoms in total. The van der Waals surface area contributed by atoms with Crippen LogP contribution in [0.4, 0.5) is 5.69 Å². The van der Waals surface area contributed by atoms with Crippen LogP contribution in [0.5, 0.6) is 0 Å². The van der Waals surface area contributed by atoms with E-state index in [-0.39, 0.29) is 17.8 Å². The van der Waals surface area contributed by atoms with Crippen LogP contribution in [0, 0.1) is 10.1 Å². The van der Waals surface area contributed by atoms with Crippen LogP contribution >= 0.6 is 11.6 Å². The van der Waals surface area contributed by atoms with E-state index in [2.05, 4.69) is 5.32 Å². The van der Waals surface area contributed by atoms with Crippen LogP contribution in [0.1, 0.15) is 18.4 Å². The summed E-state index contributed by atoms with van der Waals surface area (Å²) in [7, 11) is 0. The third-order valence-corrected chi connectivity index (χ3v) is 3.30. The van der Waals surface area contributed by atoms with Gasteiger partial charge in [-0.15, -0.1) is 0 Å². The van der Waals surface area contributed by atoms with Gasteiger partial charge in [0.15, 0.2) is 0 Å². The monoisotopic (exact) mass is 256 g/mol. The molecule has 0 amide bonds.